The lowest BCUT2D eigenvalue weighted by molar-refractivity contribution is 0.0450. The lowest BCUT2D eigenvalue weighted by atomic mass is 9.66. The van der Waals surface area contributed by atoms with Gasteiger partial charge in [0, 0.05) is 0 Å². The number of nitrogens with zero attached hydrogens (tertiary/aromatic N) is 1. The first-order valence-electron chi connectivity index (χ1n) is 5.81. The zero-order chi connectivity index (χ0) is 12.4. The summed E-state index contributed by atoms with van der Waals surface area (Å²) >= 11 is 0. The van der Waals surface area contributed by atoms with Gasteiger partial charge < -0.3 is 5.11 Å². The molecule has 0 saturated heterocycles. The highest BCUT2D eigenvalue weighted by molar-refractivity contribution is 5.34. The van der Waals surface area contributed by atoms with Crippen LogP contribution in [0.1, 0.15) is 31.2 Å². The van der Waals surface area contributed by atoms with Crippen molar-refractivity contribution in [3.05, 3.63) is 35.9 Å². The minimum atomic E-state index is -1.02. The number of benzene rings is 1. The fourth-order valence-corrected chi connectivity index (χ4v) is 2.46. The molecule has 1 fully saturated rings. The molecule has 17 heavy (non-hydrogen) atoms. The molecule has 0 amide bonds. The first-order chi connectivity index (χ1) is 8.14. The van der Waals surface area contributed by atoms with E-state index in [1.54, 1.807) is 0 Å². The van der Waals surface area contributed by atoms with Crippen LogP contribution < -0.4 is 0 Å². The molecule has 1 aromatic carbocycles. The van der Waals surface area contributed by atoms with Crippen LogP contribution in [0.2, 0.25) is 0 Å². The van der Waals surface area contributed by atoms with Crippen molar-refractivity contribution < 1.29 is 5.11 Å². The Balaban J connectivity index is 2.27. The lowest BCUT2D eigenvalue weighted by Crippen LogP contribution is -2.39. The Bertz CT molecular complexity index is 470. The Labute approximate surface area is 102 Å². The second-order valence-corrected chi connectivity index (χ2v) is 4.74. The molecule has 0 bridgehead atoms. The summed E-state index contributed by atoms with van der Waals surface area (Å²) in [4.78, 5) is 0. The van der Waals surface area contributed by atoms with E-state index in [-0.39, 0.29) is 0 Å². The van der Waals surface area contributed by atoms with Crippen molar-refractivity contribution >= 4 is 0 Å². The zero-order valence-corrected chi connectivity index (χ0v) is 9.69. The maximum Gasteiger partial charge on any atom is 0.125 e. The van der Waals surface area contributed by atoms with Crippen LogP contribution in [0.25, 0.3) is 0 Å². The van der Waals surface area contributed by atoms with Crippen LogP contribution in [-0.4, -0.2) is 10.7 Å². The molecule has 0 heterocycles. The molecule has 2 heteroatoms. The van der Waals surface area contributed by atoms with E-state index in [1.165, 1.54) is 0 Å². The van der Waals surface area contributed by atoms with E-state index in [2.05, 4.69) is 12.0 Å². The molecule has 2 rings (SSSR count). The molecule has 0 radical (unpaired) electrons. The number of nitriles is 1. The smallest absolute Gasteiger partial charge is 0.125 e. The van der Waals surface area contributed by atoms with E-state index >= 15 is 0 Å². The summed E-state index contributed by atoms with van der Waals surface area (Å²) in [5.41, 5.74) is -0.471. The predicted octanol–water partition coefficient (Wildman–Crippen LogP) is 2.39. The molecule has 0 unspecified atom stereocenters. The summed E-state index contributed by atoms with van der Waals surface area (Å²) < 4.78 is 0. The Morgan fingerprint density at radius 3 is 2.18 bits per heavy atom. The molecule has 2 nitrogen and oxygen atoms in total. The van der Waals surface area contributed by atoms with Crippen molar-refractivity contribution in [1.29, 1.82) is 5.26 Å². The van der Waals surface area contributed by atoms with Gasteiger partial charge in [-0.15, -0.1) is 6.42 Å². The number of hydrogen-bond donors (Lipinski definition) is 1. The van der Waals surface area contributed by atoms with Crippen LogP contribution in [0, 0.1) is 23.7 Å². The Kier molecular flexibility index (Phi) is 2.92. The lowest BCUT2D eigenvalue weighted by Gasteiger charge is -2.37. The highest BCUT2D eigenvalue weighted by Gasteiger charge is 2.42. The normalized spacial score (nSPS) is 32.4. The van der Waals surface area contributed by atoms with Crippen LogP contribution in [0.3, 0.4) is 0 Å². The number of terminal acetylenes is 1. The maximum absolute atomic E-state index is 10.0. The highest BCUT2D eigenvalue weighted by Crippen LogP contribution is 2.42. The van der Waals surface area contributed by atoms with Crippen molar-refractivity contribution in [3.8, 4) is 18.4 Å². The van der Waals surface area contributed by atoms with Crippen LogP contribution >= 0.6 is 0 Å². The molecule has 1 N–H and O–H groups in total. The third-order valence-corrected chi connectivity index (χ3v) is 3.74. The third kappa shape index (κ3) is 2.05. The van der Waals surface area contributed by atoms with Crippen molar-refractivity contribution in [2.24, 2.45) is 0 Å². The minimum absolute atomic E-state index is 0.482. The molecule has 1 saturated carbocycles. The van der Waals surface area contributed by atoms with E-state index in [1.807, 2.05) is 30.3 Å². The average molecular weight is 225 g/mol. The van der Waals surface area contributed by atoms with Gasteiger partial charge in [-0.05, 0) is 31.2 Å². The summed E-state index contributed by atoms with van der Waals surface area (Å²) in [6.45, 7) is 0. The van der Waals surface area contributed by atoms with E-state index < -0.39 is 11.0 Å². The molecule has 1 aliphatic carbocycles. The summed E-state index contributed by atoms with van der Waals surface area (Å²) in [6.07, 6.45) is 7.55. The molecule has 86 valence electrons. The maximum atomic E-state index is 10.0. The van der Waals surface area contributed by atoms with Gasteiger partial charge >= 0.3 is 0 Å². The molecular weight excluding hydrogens is 210 g/mol. The second-order valence-electron chi connectivity index (χ2n) is 4.74. The second kappa shape index (κ2) is 4.24. The fourth-order valence-electron chi connectivity index (χ4n) is 2.46. The Morgan fingerprint density at radius 2 is 1.71 bits per heavy atom. The molecule has 1 aromatic rings. The minimum Gasteiger partial charge on any atom is -0.378 e. The van der Waals surface area contributed by atoms with Crippen molar-refractivity contribution in [1.82, 2.24) is 0 Å². The van der Waals surface area contributed by atoms with Gasteiger partial charge in [-0.1, -0.05) is 36.3 Å². The predicted molar refractivity (Wildman–Crippen MR) is 66.0 cm³/mol. The van der Waals surface area contributed by atoms with Crippen LogP contribution in [0.5, 0.6) is 0 Å². The quantitative estimate of drug-likeness (QED) is 0.746. The molecule has 0 aromatic heterocycles. The van der Waals surface area contributed by atoms with Crippen LogP contribution in [0.15, 0.2) is 30.3 Å². The van der Waals surface area contributed by atoms with Crippen LogP contribution in [0.4, 0.5) is 0 Å². The van der Waals surface area contributed by atoms with Crippen molar-refractivity contribution in [2.75, 3.05) is 0 Å². The van der Waals surface area contributed by atoms with Crippen molar-refractivity contribution in [2.45, 2.75) is 36.7 Å². The largest absolute Gasteiger partial charge is 0.378 e. The number of hydrogen-bond acceptors (Lipinski definition) is 2. The summed E-state index contributed by atoms with van der Waals surface area (Å²) in [6, 6.07) is 12.2. The molecule has 0 aliphatic heterocycles. The first-order valence-corrected chi connectivity index (χ1v) is 5.81. The average Bonchev–Trinajstić information content (AvgIpc) is 2.41. The van der Waals surface area contributed by atoms with Gasteiger partial charge in [-0.25, -0.2) is 0 Å². The Hall–Kier alpha value is -1.77. The number of rotatable bonds is 1. The monoisotopic (exact) mass is 225 g/mol. The topological polar surface area (TPSA) is 44.0 Å². The van der Waals surface area contributed by atoms with Gasteiger partial charge in [0.1, 0.15) is 5.60 Å². The van der Waals surface area contributed by atoms with Crippen LogP contribution in [-0.2, 0) is 5.41 Å². The highest BCUT2D eigenvalue weighted by atomic mass is 16.3. The van der Waals surface area contributed by atoms with Gasteiger partial charge in [-0.2, -0.15) is 5.26 Å². The van der Waals surface area contributed by atoms with Gasteiger partial charge in [-0.3, -0.25) is 0 Å². The van der Waals surface area contributed by atoms with E-state index in [0.29, 0.717) is 25.7 Å². The third-order valence-electron chi connectivity index (χ3n) is 3.74. The zero-order valence-electron chi connectivity index (χ0n) is 9.69. The molecule has 1 aliphatic rings. The fraction of sp³-hybridized carbons (Fsp3) is 0.400. The standard InChI is InChI=1S/C15H15NO/c1-2-15(17)10-8-14(12-16,9-11-15)13-6-4-3-5-7-13/h1,3-7,17H,8-11H2/t14-,15-. The summed E-state index contributed by atoms with van der Waals surface area (Å²) in [5, 5.41) is 19.5. The van der Waals surface area contributed by atoms with Gasteiger partial charge in [0.05, 0.1) is 11.5 Å². The van der Waals surface area contributed by atoms with E-state index in [9.17, 15) is 10.4 Å². The summed E-state index contributed by atoms with van der Waals surface area (Å²) in [5.74, 6) is 2.44. The molecule has 0 spiro atoms. The van der Waals surface area contributed by atoms with E-state index in [0.717, 1.165) is 5.56 Å². The van der Waals surface area contributed by atoms with Gasteiger partial charge in [0.15, 0.2) is 0 Å². The van der Waals surface area contributed by atoms with E-state index in [4.69, 9.17) is 6.42 Å². The van der Waals surface area contributed by atoms with Gasteiger partial charge in [0.2, 0.25) is 0 Å². The Morgan fingerprint density at radius 1 is 1.12 bits per heavy atom. The molecular formula is C15H15NO. The van der Waals surface area contributed by atoms with Crippen molar-refractivity contribution in [3.63, 3.8) is 0 Å². The number of aliphatic hydroxyl groups is 1. The van der Waals surface area contributed by atoms with Gasteiger partial charge in [0.25, 0.3) is 0 Å². The first kappa shape index (κ1) is 11.7. The summed E-state index contributed by atoms with van der Waals surface area (Å²) in [7, 11) is 0. The SMILES string of the molecule is C#C[C@]1(O)CC[C@](C#N)(c2ccccc2)CC1. The molecule has 0 atom stereocenters.